The summed E-state index contributed by atoms with van der Waals surface area (Å²) >= 11 is 0. The molecule has 1 unspecified atom stereocenters. The Kier molecular flexibility index (Phi) is 4.67. The van der Waals surface area contributed by atoms with Crippen LogP contribution >= 0.6 is 0 Å². The molecular formula is C18H26N2O2. The van der Waals surface area contributed by atoms with Crippen molar-refractivity contribution in [1.82, 2.24) is 5.32 Å². The molecule has 0 saturated carbocycles. The predicted octanol–water partition coefficient (Wildman–Crippen LogP) is 2.72. The first kappa shape index (κ1) is 15.3. The van der Waals surface area contributed by atoms with Crippen molar-refractivity contribution in [1.29, 1.82) is 0 Å². The van der Waals surface area contributed by atoms with E-state index in [-0.39, 0.29) is 11.7 Å². The minimum absolute atomic E-state index is 0.120. The van der Waals surface area contributed by atoms with Crippen LogP contribution in [0.1, 0.15) is 37.0 Å². The van der Waals surface area contributed by atoms with Crippen LogP contribution < -0.4 is 15.0 Å². The van der Waals surface area contributed by atoms with Crippen molar-refractivity contribution in [3.05, 3.63) is 23.8 Å². The van der Waals surface area contributed by atoms with Gasteiger partial charge >= 0.3 is 0 Å². The van der Waals surface area contributed by atoms with Crippen molar-refractivity contribution in [3.8, 4) is 5.75 Å². The molecule has 4 heteroatoms. The number of rotatable bonds is 4. The van der Waals surface area contributed by atoms with Crippen LogP contribution in [-0.2, 0) is 0 Å². The largest absolute Gasteiger partial charge is 0.490 e. The van der Waals surface area contributed by atoms with E-state index in [0.29, 0.717) is 5.92 Å². The average molecular weight is 302 g/mol. The van der Waals surface area contributed by atoms with Gasteiger partial charge in [0.05, 0.1) is 12.2 Å². The van der Waals surface area contributed by atoms with Crippen LogP contribution in [0, 0.1) is 11.8 Å². The second-order valence-electron chi connectivity index (χ2n) is 6.78. The first-order chi connectivity index (χ1) is 10.6. The maximum atomic E-state index is 12.7. The number of ketones is 1. The average Bonchev–Trinajstić information content (AvgIpc) is 2.54. The minimum atomic E-state index is 0.120. The number of Topliss-reactive ketones (excluding diaryl/α,β-unsaturated/α-hetero) is 1. The lowest BCUT2D eigenvalue weighted by Crippen LogP contribution is -2.36. The molecule has 1 atom stereocenters. The van der Waals surface area contributed by atoms with Crippen LogP contribution in [0.4, 0.5) is 5.69 Å². The van der Waals surface area contributed by atoms with Gasteiger partial charge in [0.15, 0.2) is 5.78 Å². The van der Waals surface area contributed by atoms with E-state index in [2.05, 4.69) is 24.1 Å². The van der Waals surface area contributed by atoms with Crippen molar-refractivity contribution in [2.24, 2.45) is 11.8 Å². The van der Waals surface area contributed by atoms with Crippen LogP contribution in [0.5, 0.6) is 5.75 Å². The molecule has 2 heterocycles. The fourth-order valence-corrected chi connectivity index (χ4v) is 3.37. The molecule has 22 heavy (non-hydrogen) atoms. The van der Waals surface area contributed by atoms with Crippen molar-refractivity contribution in [2.75, 3.05) is 37.7 Å². The number of hydrogen-bond donors (Lipinski definition) is 1. The molecule has 1 saturated heterocycles. The van der Waals surface area contributed by atoms with Gasteiger partial charge in [-0.25, -0.2) is 0 Å². The summed E-state index contributed by atoms with van der Waals surface area (Å²) in [6, 6.07) is 5.92. The number of piperidine rings is 1. The third-order valence-corrected chi connectivity index (χ3v) is 4.46. The highest BCUT2D eigenvalue weighted by Gasteiger charge is 2.25. The Morgan fingerprint density at radius 3 is 3.05 bits per heavy atom. The zero-order valence-electron chi connectivity index (χ0n) is 13.6. The Hall–Kier alpha value is -1.55. The molecule has 3 rings (SSSR count). The molecule has 0 spiro atoms. The molecule has 1 fully saturated rings. The molecule has 0 bridgehead atoms. The van der Waals surface area contributed by atoms with Crippen LogP contribution in [-0.4, -0.2) is 38.6 Å². The molecule has 4 nitrogen and oxygen atoms in total. The van der Waals surface area contributed by atoms with Crippen LogP contribution in [0.15, 0.2) is 18.2 Å². The van der Waals surface area contributed by atoms with Gasteiger partial charge in [0.2, 0.25) is 0 Å². The first-order valence-corrected chi connectivity index (χ1v) is 8.42. The normalized spacial score (nSPS) is 21.4. The maximum Gasteiger partial charge on any atom is 0.167 e. The Morgan fingerprint density at radius 2 is 2.32 bits per heavy atom. The van der Waals surface area contributed by atoms with Crippen molar-refractivity contribution < 1.29 is 9.53 Å². The lowest BCUT2D eigenvalue weighted by Gasteiger charge is -2.33. The van der Waals surface area contributed by atoms with Crippen molar-refractivity contribution in [3.63, 3.8) is 0 Å². The van der Waals surface area contributed by atoms with Crippen molar-refractivity contribution >= 4 is 11.5 Å². The summed E-state index contributed by atoms with van der Waals surface area (Å²) in [7, 11) is 0. The highest BCUT2D eigenvalue weighted by atomic mass is 16.5. The summed E-state index contributed by atoms with van der Waals surface area (Å²) < 4.78 is 5.75. The summed E-state index contributed by atoms with van der Waals surface area (Å²) in [5.74, 6) is 1.89. The van der Waals surface area contributed by atoms with Crippen LogP contribution in [0.25, 0.3) is 0 Å². The molecule has 0 aromatic heterocycles. The fraction of sp³-hybridized carbons (Fsp3) is 0.611. The molecule has 2 aliphatic heterocycles. The molecule has 2 aliphatic rings. The number of fused-ring (bicyclic) bond motifs is 1. The molecule has 0 aliphatic carbocycles. The maximum absolute atomic E-state index is 12.7. The van der Waals surface area contributed by atoms with Crippen LogP contribution in [0.2, 0.25) is 0 Å². The molecule has 1 aromatic rings. The first-order valence-electron chi connectivity index (χ1n) is 8.42. The van der Waals surface area contributed by atoms with Gasteiger partial charge < -0.3 is 15.0 Å². The Morgan fingerprint density at radius 1 is 1.45 bits per heavy atom. The van der Waals surface area contributed by atoms with Gasteiger partial charge in [-0.05, 0) is 43.5 Å². The molecule has 1 N–H and O–H groups in total. The Balaban J connectivity index is 1.83. The summed E-state index contributed by atoms with van der Waals surface area (Å²) in [6.07, 6.45) is 2.08. The number of ether oxygens (including phenoxy) is 1. The molecule has 120 valence electrons. The monoisotopic (exact) mass is 302 g/mol. The molecule has 1 aromatic carbocycles. The van der Waals surface area contributed by atoms with Gasteiger partial charge in [0, 0.05) is 24.6 Å². The van der Waals surface area contributed by atoms with E-state index >= 15 is 0 Å². The number of benzene rings is 1. The Bertz CT molecular complexity index is 536. The SMILES string of the molecule is CC(C)CN1CCOc2ccc(C(=O)C3CCCNC3)cc21. The van der Waals surface area contributed by atoms with Crippen LogP contribution in [0.3, 0.4) is 0 Å². The molecule has 0 radical (unpaired) electrons. The van der Waals surface area contributed by atoms with E-state index in [0.717, 1.165) is 62.6 Å². The quantitative estimate of drug-likeness (QED) is 0.868. The second kappa shape index (κ2) is 6.69. The highest BCUT2D eigenvalue weighted by molar-refractivity contribution is 5.99. The summed E-state index contributed by atoms with van der Waals surface area (Å²) in [5, 5.41) is 3.33. The topological polar surface area (TPSA) is 41.6 Å². The van der Waals surface area contributed by atoms with Gasteiger partial charge in [-0.3, -0.25) is 4.79 Å². The van der Waals surface area contributed by atoms with Gasteiger partial charge in [-0.1, -0.05) is 13.8 Å². The van der Waals surface area contributed by atoms with E-state index in [9.17, 15) is 4.79 Å². The van der Waals surface area contributed by atoms with E-state index in [1.54, 1.807) is 0 Å². The summed E-state index contributed by atoms with van der Waals surface area (Å²) in [4.78, 5) is 15.1. The van der Waals surface area contributed by atoms with Gasteiger partial charge in [-0.15, -0.1) is 0 Å². The fourth-order valence-electron chi connectivity index (χ4n) is 3.37. The number of hydrogen-bond acceptors (Lipinski definition) is 4. The van der Waals surface area contributed by atoms with E-state index in [1.165, 1.54) is 0 Å². The number of carbonyl (C=O) groups excluding carboxylic acids is 1. The number of carbonyl (C=O) groups is 1. The third-order valence-electron chi connectivity index (χ3n) is 4.46. The van der Waals surface area contributed by atoms with Gasteiger partial charge in [0.25, 0.3) is 0 Å². The minimum Gasteiger partial charge on any atom is -0.490 e. The molecular weight excluding hydrogens is 276 g/mol. The zero-order valence-corrected chi connectivity index (χ0v) is 13.6. The van der Waals surface area contributed by atoms with E-state index in [1.807, 2.05) is 18.2 Å². The van der Waals surface area contributed by atoms with Gasteiger partial charge in [-0.2, -0.15) is 0 Å². The summed E-state index contributed by atoms with van der Waals surface area (Å²) in [6.45, 7) is 8.90. The smallest absolute Gasteiger partial charge is 0.167 e. The standard InChI is InChI=1S/C18H26N2O2/c1-13(2)12-20-8-9-22-17-6-5-14(10-16(17)20)18(21)15-4-3-7-19-11-15/h5-6,10,13,15,19H,3-4,7-9,11-12H2,1-2H3. The number of nitrogens with zero attached hydrogens (tertiary/aromatic N) is 1. The zero-order chi connectivity index (χ0) is 15.5. The van der Waals surface area contributed by atoms with E-state index in [4.69, 9.17) is 4.74 Å². The lowest BCUT2D eigenvalue weighted by atomic mass is 9.90. The number of nitrogens with one attached hydrogen (secondary N) is 1. The van der Waals surface area contributed by atoms with Gasteiger partial charge in [0.1, 0.15) is 12.4 Å². The summed E-state index contributed by atoms with van der Waals surface area (Å²) in [5.41, 5.74) is 1.90. The highest BCUT2D eigenvalue weighted by Crippen LogP contribution is 2.34. The van der Waals surface area contributed by atoms with Crippen molar-refractivity contribution in [2.45, 2.75) is 26.7 Å². The molecule has 0 amide bonds. The number of anilines is 1. The van der Waals surface area contributed by atoms with E-state index < -0.39 is 0 Å². The second-order valence-corrected chi connectivity index (χ2v) is 6.78. The Labute approximate surface area is 132 Å². The lowest BCUT2D eigenvalue weighted by molar-refractivity contribution is 0.0899. The predicted molar refractivity (Wildman–Crippen MR) is 88.9 cm³/mol. The third kappa shape index (κ3) is 3.27.